The third-order valence-corrected chi connectivity index (χ3v) is 5.56. The number of carbonyl (C=O) groups is 2. The van der Waals surface area contributed by atoms with Gasteiger partial charge in [0, 0.05) is 18.7 Å². The van der Waals surface area contributed by atoms with Crippen molar-refractivity contribution in [2.45, 2.75) is 13.3 Å². The fourth-order valence-corrected chi connectivity index (χ4v) is 3.82. The molecule has 1 aliphatic heterocycles. The van der Waals surface area contributed by atoms with E-state index in [0.717, 1.165) is 21.6 Å². The summed E-state index contributed by atoms with van der Waals surface area (Å²) in [6, 6.07) is 16.9. The highest BCUT2D eigenvalue weighted by atomic mass is 16.2. The van der Waals surface area contributed by atoms with Gasteiger partial charge >= 0.3 is 0 Å². The molecule has 4 aromatic rings. The Balaban J connectivity index is 1.36. The number of aryl methyl sites for hydroxylation is 1. The molecular formula is C23H20N6O3. The minimum Gasteiger partial charge on any atom is -0.312 e. The van der Waals surface area contributed by atoms with Gasteiger partial charge < -0.3 is 4.90 Å². The molecule has 2 aromatic heterocycles. The van der Waals surface area contributed by atoms with Crippen LogP contribution in [0.15, 0.2) is 71.9 Å². The molecule has 0 spiro atoms. The first-order valence-corrected chi connectivity index (χ1v) is 10.2. The SMILES string of the molecule is Cc1ccc(N2CC(C(=O)Nn3cnc4c(cnn4-c4ccccc4)c3=O)CC2=O)cc1. The number of aromatic nitrogens is 4. The number of fused-ring (bicyclic) bond motifs is 1. The van der Waals surface area contributed by atoms with E-state index in [1.807, 2.05) is 61.5 Å². The number of hydrogen-bond acceptors (Lipinski definition) is 5. The first-order valence-electron chi connectivity index (χ1n) is 10.2. The summed E-state index contributed by atoms with van der Waals surface area (Å²) in [5, 5.41) is 4.54. The molecule has 2 aromatic carbocycles. The topological polar surface area (TPSA) is 102 Å². The lowest BCUT2D eigenvalue weighted by Crippen LogP contribution is -2.37. The van der Waals surface area contributed by atoms with Gasteiger partial charge in [-0.3, -0.25) is 19.8 Å². The predicted octanol–water partition coefficient (Wildman–Crippen LogP) is 2.01. The van der Waals surface area contributed by atoms with Crippen LogP contribution < -0.4 is 15.9 Å². The van der Waals surface area contributed by atoms with Crippen LogP contribution in [-0.2, 0) is 9.59 Å². The number of rotatable bonds is 4. The summed E-state index contributed by atoms with van der Waals surface area (Å²) in [6.07, 6.45) is 2.77. The average Bonchev–Trinajstić information content (AvgIpc) is 3.41. The van der Waals surface area contributed by atoms with Gasteiger partial charge in [-0.2, -0.15) is 5.10 Å². The molecule has 0 radical (unpaired) electrons. The molecule has 0 saturated carbocycles. The van der Waals surface area contributed by atoms with Crippen LogP contribution in [0, 0.1) is 12.8 Å². The van der Waals surface area contributed by atoms with Crippen LogP contribution in [-0.4, -0.2) is 37.8 Å². The number of para-hydroxylation sites is 1. The maximum absolute atomic E-state index is 12.9. The van der Waals surface area contributed by atoms with Gasteiger partial charge in [0.1, 0.15) is 11.7 Å². The van der Waals surface area contributed by atoms with Gasteiger partial charge in [0.25, 0.3) is 5.56 Å². The quantitative estimate of drug-likeness (QED) is 0.536. The van der Waals surface area contributed by atoms with Crippen LogP contribution in [0.5, 0.6) is 0 Å². The van der Waals surface area contributed by atoms with Crippen molar-refractivity contribution in [1.29, 1.82) is 0 Å². The number of nitrogens with zero attached hydrogens (tertiary/aromatic N) is 5. The summed E-state index contributed by atoms with van der Waals surface area (Å²) in [5.41, 5.74) is 5.16. The van der Waals surface area contributed by atoms with Gasteiger partial charge in [-0.25, -0.2) is 14.3 Å². The number of hydrogen-bond donors (Lipinski definition) is 1. The Kier molecular flexibility index (Phi) is 4.78. The van der Waals surface area contributed by atoms with E-state index in [1.54, 1.807) is 9.58 Å². The molecule has 1 atom stereocenters. The summed E-state index contributed by atoms with van der Waals surface area (Å²) < 4.78 is 2.61. The highest BCUT2D eigenvalue weighted by molar-refractivity contribution is 6.01. The van der Waals surface area contributed by atoms with Gasteiger partial charge in [-0.15, -0.1) is 0 Å². The number of anilines is 1. The second kappa shape index (κ2) is 7.77. The third kappa shape index (κ3) is 3.43. The summed E-state index contributed by atoms with van der Waals surface area (Å²) in [7, 11) is 0. The summed E-state index contributed by atoms with van der Waals surface area (Å²) in [5.74, 6) is -1.11. The molecule has 1 unspecified atom stereocenters. The molecule has 1 fully saturated rings. The molecule has 1 aliphatic rings. The zero-order chi connectivity index (χ0) is 22.2. The zero-order valence-electron chi connectivity index (χ0n) is 17.3. The van der Waals surface area contributed by atoms with Crippen LogP contribution in [0.25, 0.3) is 16.7 Å². The Morgan fingerprint density at radius 1 is 1.03 bits per heavy atom. The predicted molar refractivity (Wildman–Crippen MR) is 119 cm³/mol. The van der Waals surface area contributed by atoms with Gasteiger partial charge in [0.15, 0.2) is 5.65 Å². The van der Waals surface area contributed by atoms with Crippen molar-refractivity contribution in [2.75, 3.05) is 16.9 Å². The molecule has 0 aliphatic carbocycles. The molecule has 3 heterocycles. The van der Waals surface area contributed by atoms with E-state index < -0.39 is 17.4 Å². The van der Waals surface area contributed by atoms with E-state index in [9.17, 15) is 14.4 Å². The van der Waals surface area contributed by atoms with Gasteiger partial charge in [-0.1, -0.05) is 35.9 Å². The van der Waals surface area contributed by atoms with Crippen molar-refractivity contribution in [1.82, 2.24) is 19.4 Å². The number of carbonyl (C=O) groups excluding carboxylic acids is 2. The van der Waals surface area contributed by atoms with Crippen molar-refractivity contribution in [2.24, 2.45) is 5.92 Å². The lowest BCUT2D eigenvalue weighted by atomic mass is 10.1. The molecule has 1 saturated heterocycles. The highest BCUT2D eigenvalue weighted by Crippen LogP contribution is 2.25. The van der Waals surface area contributed by atoms with Crippen molar-refractivity contribution >= 4 is 28.5 Å². The minimum atomic E-state index is -0.571. The Labute approximate surface area is 182 Å². The largest absolute Gasteiger partial charge is 0.312 e. The Morgan fingerprint density at radius 3 is 2.53 bits per heavy atom. The van der Waals surface area contributed by atoms with Crippen LogP contribution >= 0.6 is 0 Å². The van der Waals surface area contributed by atoms with Gasteiger partial charge in [-0.05, 0) is 31.2 Å². The van der Waals surface area contributed by atoms with E-state index in [-0.39, 0.29) is 24.3 Å². The average molecular weight is 428 g/mol. The second-order valence-corrected chi connectivity index (χ2v) is 7.77. The molecule has 0 bridgehead atoms. The van der Waals surface area contributed by atoms with Crippen LogP contribution in [0.4, 0.5) is 5.69 Å². The molecule has 2 amide bonds. The van der Waals surface area contributed by atoms with E-state index in [4.69, 9.17) is 0 Å². The minimum absolute atomic E-state index is 0.0794. The van der Waals surface area contributed by atoms with Crippen molar-refractivity contribution in [3.63, 3.8) is 0 Å². The maximum Gasteiger partial charge on any atom is 0.283 e. The van der Waals surface area contributed by atoms with Gasteiger partial charge in [0.2, 0.25) is 11.8 Å². The van der Waals surface area contributed by atoms with Gasteiger partial charge in [0.05, 0.1) is 17.8 Å². The monoisotopic (exact) mass is 428 g/mol. The maximum atomic E-state index is 12.9. The molecular weight excluding hydrogens is 408 g/mol. The summed E-state index contributed by atoms with van der Waals surface area (Å²) in [4.78, 5) is 44.1. The van der Waals surface area contributed by atoms with Crippen molar-refractivity contribution < 1.29 is 9.59 Å². The first kappa shape index (κ1) is 19.7. The smallest absolute Gasteiger partial charge is 0.283 e. The molecule has 32 heavy (non-hydrogen) atoms. The van der Waals surface area contributed by atoms with E-state index in [1.165, 1.54) is 12.5 Å². The number of benzene rings is 2. The molecule has 5 rings (SSSR count). The van der Waals surface area contributed by atoms with E-state index >= 15 is 0 Å². The number of amides is 2. The summed E-state index contributed by atoms with van der Waals surface area (Å²) in [6.45, 7) is 2.22. The van der Waals surface area contributed by atoms with Crippen molar-refractivity contribution in [3.8, 4) is 5.69 Å². The van der Waals surface area contributed by atoms with Crippen LogP contribution in [0.3, 0.4) is 0 Å². The third-order valence-electron chi connectivity index (χ3n) is 5.56. The van der Waals surface area contributed by atoms with Crippen LogP contribution in [0.2, 0.25) is 0 Å². The standard InChI is InChI=1S/C23H20N6O3/c1-15-7-9-17(10-8-15)27-13-16(11-20(27)30)22(31)26-28-14-24-21-19(23(28)32)12-25-29(21)18-5-3-2-4-6-18/h2-10,12,14,16H,11,13H2,1H3,(H,26,31). The summed E-state index contributed by atoms with van der Waals surface area (Å²) >= 11 is 0. The lowest BCUT2D eigenvalue weighted by Gasteiger charge is -2.17. The molecule has 160 valence electrons. The molecule has 1 N–H and O–H groups in total. The van der Waals surface area contributed by atoms with Crippen molar-refractivity contribution in [3.05, 3.63) is 83.0 Å². The second-order valence-electron chi connectivity index (χ2n) is 7.77. The van der Waals surface area contributed by atoms with E-state index in [0.29, 0.717) is 5.65 Å². The fourth-order valence-electron chi connectivity index (χ4n) is 3.82. The zero-order valence-corrected chi connectivity index (χ0v) is 17.3. The first-order chi connectivity index (χ1) is 15.5. The Bertz CT molecular complexity index is 1370. The molecule has 9 nitrogen and oxygen atoms in total. The van der Waals surface area contributed by atoms with E-state index in [2.05, 4.69) is 15.5 Å². The Hall–Kier alpha value is -4.27. The normalized spacial score (nSPS) is 16.0. The lowest BCUT2D eigenvalue weighted by molar-refractivity contribution is -0.123. The Morgan fingerprint density at radius 2 is 1.78 bits per heavy atom. The van der Waals surface area contributed by atoms with Crippen LogP contribution in [0.1, 0.15) is 12.0 Å². The number of nitrogens with one attached hydrogen (secondary N) is 1. The molecule has 9 heteroatoms. The highest BCUT2D eigenvalue weighted by Gasteiger charge is 2.35. The fraction of sp³-hybridized carbons (Fsp3) is 0.174.